The first-order valence-corrected chi connectivity index (χ1v) is 5.75. The molecule has 2 N–H and O–H groups in total. The van der Waals surface area contributed by atoms with Crippen LogP contribution in [-0.4, -0.2) is 20.4 Å². The van der Waals surface area contributed by atoms with Crippen LogP contribution in [0, 0.1) is 5.82 Å². The normalized spacial score (nSPS) is 10.7. The molecule has 3 rings (SSSR count). The molecule has 0 amide bonds. The fourth-order valence-corrected chi connectivity index (χ4v) is 1.77. The summed E-state index contributed by atoms with van der Waals surface area (Å²) in [6.07, 6.45) is 0. The van der Waals surface area contributed by atoms with Gasteiger partial charge in [0.05, 0.1) is 5.56 Å². The molecule has 20 heavy (non-hydrogen) atoms. The quantitative estimate of drug-likeness (QED) is 0.701. The molecule has 1 aromatic heterocycles. The van der Waals surface area contributed by atoms with E-state index >= 15 is 0 Å². The molecule has 2 aromatic carbocycles. The van der Waals surface area contributed by atoms with Crippen molar-refractivity contribution in [2.24, 2.45) is 0 Å². The highest BCUT2D eigenvalue weighted by Gasteiger charge is 2.15. The number of phenols is 2. The molecule has 0 saturated heterocycles. The topological polar surface area (TPSA) is 79.4 Å². The molecule has 1 heterocycles. The van der Waals surface area contributed by atoms with Crippen LogP contribution in [0.25, 0.3) is 22.8 Å². The molecule has 0 unspecified atom stereocenters. The van der Waals surface area contributed by atoms with Crippen molar-refractivity contribution in [1.29, 1.82) is 0 Å². The third kappa shape index (κ3) is 2.18. The molecule has 0 bridgehead atoms. The van der Waals surface area contributed by atoms with E-state index in [1.807, 2.05) is 0 Å². The molecule has 3 aromatic rings. The molecule has 0 aliphatic carbocycles. The van der Waals surface area contributed by atoms with Crippen LogP contribution < -0.4 is 0 Å². The maximum Gasteiger partial charge on any atom is 0.262 e. The summed E-state index contributed by atoms with van der Waals surface area (Å²) in [5.74, 6) is -0.311. The molecule has 100 valence electrons. The second-order valence-corrected chi connectivity index (χ2v) is 4.13. The maximum atomic E-state index is 13.1. The molecule has 0 aliphatic rings. The number of aromatic hydroxyl groups is 2. The summed E-state index contributed by atoms with van der Waals surface area (Å²) in [6, 6.07) is 9.71. The number of rotatable bonds is 2. The summed E-state index contributed by atoms with van der Waals surface area (Å²) in [5.41, 5.74) is 0.666. The van der Waals surface area contributed by atoms with Gasteiger partial charge in [-0.15, -0.1) is 0 Å². The highest BCUT2D eigenvalue weighted by Crippen LogP contribution is 2.32. The third-order valence-corrected chi connectivity index (χ3v) is 2.72. The molecule has 0 spiro atoms. The Morgan fingerprint density at radius 2 is 1.90 bits per heavy atom. The van der Waals surface area contributed by atoms with Gasteiger partial charge in [0.25, 0.3) is 5.89 Å². The highest BCUT2D eigenvalue weighted by atomic mass is 19.1. The number of halogens is 1. The Kier molecular flexibility index (Phi) is 2.83. The average molecular weight is 272 g/mol. The number of hydrogen-bond donors (Lipinski definition) is 2. The Morgan fingerprint density at radius 1 is 1.05 bits per heavy atom. The number of hydrogen-bond acceptors (Lipinski definition) is 5. The largest absolute Gasteiger partial charge is 0.508 e. The Hall–Kier alpha value is -2.89. The fraction of sp³-hybridized carbons (Fsp3) is 0. The van der Waals surface area contributed by atoms with Crippen LogP contribution in [0.3, 0.4) is 0 Å². The van der Waals surface area contributed by atoms with Gasteiger partial charge in [-0.3, -0.25) is 0 Å². The van der Waals surface area contributed by atoms with Crippen molar-refractivity contribution in [3.05, 3.63) is 48.3 Å². The summed E-state index contributed by atoms with van der Waals surface area (Å²) in [4.78, 5) is 4.08. The van der Waals surface area contributed by atoms with E-state index in [2.05, 4.69) is 10.1 Å². The van der Waals surface area contributed by atoms with Crippen molar-refractivity contribution in [2.45, 2.75) is 0 Å². The zero-order chi connectivity index (χ0) is 14.1. The van der Waals surface area contributed by atoms with E-state index in [0.717, 1.165) is 0 Å². The van der Waals surface area contributed by atoms with Crippen LogP contribution in [0.1, 0.15) is 0 Å². The summed E-state index contributed by atoms with van der Waals surface area (Å²) in [5, 5.41) is 22.9. The first-order chi connectivity index (χ1) is 9.63. The monoisotopic (exact) mass is 272 g/mol. The fourth-order valence-electron chi connectivity index (χ4n) is 1.77. The van der Waals surface area contributed by atoms with Crippen LogP contribution in [-0.2, 0) is 0 Å². The predicted octanol–water partition coefficient (Wildman–Crippen LogP) is 2.95. The van der Waals surface area contributed by atoms with E-state index in [9.17, 15) is 14.6 Å². The lowest BCUT2D eigenvalue weighted by Gasteiger charge is -1.99. The van der Waals surface area contributed by atoms with Crippen molar-refractivity contribution in [3.63, 3.8) is 0 Å². The van der Waals surface area contributed by atoms with Crippen molar-refractivity contribution >= 4 is 0 Å². The Bertz CT molecular complexity index is 771. The van der Waals surface area contributed by atoms with Crippen LogP contribution in [0.2, 0.25) is 0 Å². The van der Waals surface area contributed by atoms with Gasteiger partial charge < -0.3 is 14.7 Å². The summed E-state index contributed by atoms with van der Waals surface area (Å²) in [6.45, 7) is 0. The average Bonchev–Trinajstić information content (AvgIpc) is 2.91. The van der Waals surface area contributed by atoms with Gasteiger partial charge in [-0.2, -0.15) is 4.98 Å². The molecule has 0 fully saturated rings. The molecular weight excluding hydrogens is 263 g/mol. The van der Waals surface area contributed by atoms with Gasteiger partial charge >= 0.3 is 0 Å². The molecule has 6 heteroatoms. The lowest BCUT2D eigenvalue weighted by Crippen LogP contribution is -1.83. The van der Waals surface area contributed by atoms with E-state index in [1.54, 1.807) is 6.07 Å². The second kappa shape index (κ2) is 4.65. The standard InChI is InChI=1S/C14H9FN2O3/c15-9-3-1-2-8(6-9)13-16-14(20-17-13)11-7-10(18)4-5-12(11)19/h1-7,18-19H. The third-order valence-electron chi connectivity index (χ3n) is 2.72. The zero-order valence-electron chi connectivity index (χ0n) is 10.1. The van der Waals surface area contributed by atoms with Crippen molar-refractivity contribution in [1.82, 2.24) is 10.1 Å². The van der Waals surface area contributed by atoms with Crippen molar-refractivity contribution < 1.29 is 19.1 Å². The van der Waals surface area contributed by atoms with E-state index < -0.39 is 5.82 Å². The summed E-state index contributed by atoms with van der Waals surface area (Å²) in [7, 11) is 0. The van der Waals surface area contributed by atoms with Gasteiger partial charge in [0.1, 0.15) is 17.3 Å². The number of aromatic nitrogens is 2. The van der Waals surface area contributed by atoms with Gasteiger partial charge in [0.15, 0.2) is 0 Å². The van der Waals surface area contributed by atoms with Crippen molar-refractivity contribution in [3.8, 4) is 34.3 Å². The number of phenolic OH excluding ortho intramolecular Hbond substituents is 2. The van der Waals surface area contributed by atoms with E-state index in [-0.39, 0.29) is 28.8 Å². The molecule has 0 aliphatic heterocycles. The van der Waals surface area contributed by atoms with Gasteiger partial charge in [0.2, 0.25) is 5.82 Å². The minimum atomic E-state index is -0.408. The second-order valence-electron chi connectivity index (χ2n) is 4.13. The molecule has 0 saturated carbocycles. The summed E-state index contributed by atoms with van der Waals surface area (Å²) >= 11 is 0. The van der Waals surface area contributed by atoms with Gasteiger partial charge in [-0.25, -0.2) is 4.39 Å². The lowest BCUT2D eigenvalue weighted by atomic mass is 10.2. The van der Waals surface area contributed by atoms with Gasteiger partial charge in [0, 0.05) is 5.56 Å². The van der Waals surface area contributed by atoms with E-state index in [0.29, 0.717) is 5.56 Å². The SMILES string of the molecule is Oc1ccc(O)c(-c2nc(-c3cccc(F)c3)no2)c1. The van der Waals surface area contributed by atoms with Crippen LogP contribution >= 0.6 is 0 Å². The summed E-state index contributed by atoms with van der Waals surface area (Å²) < 4.78 is 18.2. The van der Waals surface area contributed by atoms with E-state index in [1.165, 1.54) is 36.4 Å². The van der Waals surface area contributed by atoms with Crippen molar-refractivity contribution in [2.75, 3.05) is 0 Å². The van der Waals surface area contributed by atoms with Crippen LogP contribution in [0.5, 0.6) is 11.5 Å². The first kappa shape index (κ1) is 12.2. The first-order valence-electron chi connectivity index (χ1n) is 5.75. The molecule has 5 nitrogen and oxygen atoms in total. The maximum absolute atomic E-state index is 13.1. The Labute approximate surface area is 112 Å². The Morgan fingerprint density at radius 3 is 2.70 bits per heavy atom. The Balaban J connectivity index is 2.04. The smallest absolute Gasteiger partial charge is 0.262 e. The minimum Gasteiger partial charge on any atom is -0.508 e. The van der Waals surface area contributed by atoms with Crippen LogP contribution in [0.15, 0.2) is 47.0 Å². The lowest BCUT2D eigenvalue weighted by molar-refractivity contribution is 0.423. The predicted molar refractivity (Wildman–Crippen MR) is 68.5 cm³/mol. The number of benzene rings is 2. The minimum absolute atomic E-state index is 0.0386. The number of nitrogens with zero attached hydrogens (tertiary/aromatic N) is 2. The van der Waals surface area contributed by atoms with Gasteiger partial charge in [-0.1, -0.05) is 17.3 Å². The molecule has 0 radical (unpaired) electrons. The highest BCUT2D eigenvalue weighted by molar-refractivity contribution is 5.66. The van der Waals surface area contributed by atoms with Gasteiger partial charge in [-0.05, 0) is 30.3 Å². The van der Waals surface area contributed by atoms with Crippen LogP contribution in [0.4, 0.5) is 4.39 Å². The molecule has 0 atom stereocenters. The zero-order valence-corrected chi connectivity index (χ0v) is 10.1. The molecular formula is C14H9FN2O3. The van der Waals surface area contributed by atoms with E-state index in [4.69, 9.17) is 4.52 Å².